The first-order valence-electron chi connectivity index (χ1n) is 12.0. The third-order valence-electron chi connectivity index (χ3n) is 6.44. The monoisotopic (exact) mass is 498 g/mol. The summed E-state index contributed by atoms with van der Waals surface area (Å²) >= 11 is 0. The molecule has 1 saturated heterocycles. The minimum Gasteiger partial charge on any atom is -0.460 e. The third kappa shape index (κ3) is 8.92. The number of carbonyl (C=O) groups is 4. The Balaban J connectivity index is 2.68. The molecule has 10 heteroatoms. The molecule has 0 bridgehead atoms. The molecular weight excluding hydrogens is 456 g/mol. The van der Waals surface area contributed by atoms with Gasteiger partial charge in [-0.05, 0) is 46.0 Å². The van der Waals surface area contributed by atoms with Crippen LogP contribution in [-0.4, -0.2) is 86.9 Å². The number of β-amino-alcohol motifs (C(OH)–C–C–N with tert-alkyl or cyclic N) is 2. The van der Waals surface area contributed by atoms with Crippen LogP contribution >= 0.6 is 0 Å². The minimum absolute atomic E-state index is 0.137. The van der Waals surface area contributed by atoms with E-state index in [1.165, 1.54) is 4.90 Å². The van der Waals surface area contributed by atoms with Crippen LogP contribution in [0.15, 0.2) is 12.2 Å². The lowest BCUT2D eigenvalue weighted by molar-refractivity contribution is -0.151. The molecule has 1 aliphatic heterocycles. The number of hydrogen-bond acceptors (Lipinski definition) is 8. The molecule has 35 heavy (non-hydrogen) atoms. The fraction of sp³-hybridized carbons (Fsp3) is 0.760. The fourth-order valence-electron chi connectivity index (χ4n) is 3.45. The summed E-state index contributed by atoms with van der Waals surface area (Å²) in [5, 5.41) is 20.8. The largest absolute Gasteiger partial charge is 0.460 e. The van der Waals surface area contributed by atoms with Crippen molar-refractivity contribution in [2.24, 2.45) is 5.41 Å². The second-order valence-corrected chi connectivity index (χ2v) is 10.9. The van der Waals surface area contributed by atoms with Gasteiger partial charge in [0, 0.05) is 12.2 Å². The summed E-state index contributed by atoms with van der Waals surface area (Å²) in [4.78, 5) is 51.6. The quantitative estimate of drug-likeness (QED) is 0.225. The Morgan fingerprint density at radius 3 is 2.09 bits per heavy atom. The van der Waals surface area contributed by atoms with Gasteiger partial charge < -0.3 is 24.6 Å². The van der Waals surface area contributed by atoms with Gasteiger partial charge in [0.25, 0.3) is 5.91 Å². The van der Waals surface area contributed by atoms with E-state index in [-0.39, 0.29) is 18.5 Å². The van der Waals surface area contributed by atoms with E-state index in [1.807, 2.05) is 27.7 Å². The van der Waals surface area contributed by atoms with Crippen molar-refractivity contribution >= 4 is 23.9 Å². The molecule has 0 aromatic carbocycles. The number of urea groups is 1. The Morgan fingerprint density at radius 2 is 1.54 bits per heavy atom. The maximum Gasteiger partial charge on any atom is 0.331 e. The van der Waals surface area contributed by atoms with E-state index in [9.17, 15) is 29.4 Å². The van der Waals surface area contributed by atoms with E-state index < -0.39 is 53.8 Å². The van der Waals surface area contributed by atoms with Gasteiger partial charge in [-0.1, -0.05) is 34.1 Å². The molecular formula is C25H42N2O8. The molecule has 0 spiro atoms. The highest BCUT2D eigenvalue weighted by atomic mass is 16.6. The van der Waals surface area contributed by atoms with Gasteiger partial charge in [0.15, 0.2) is 0 Å². The molecule has 1 aliphatic rings. The normalized spacial score (nSPS) is 18.2. The maximum atomic E-state index is 12.9. The second-order valence-electron chi connectivity index (χ2n) is 10.9. The molecule has 0 aromatic rings. The number of aliphatic hydroxyl groups is 2. The van der Waals surface area contributed by atoms with Crippen LogP contribution in [0.2, 0.25) is 0 Å². The SMILES string of the molecule is CCC(C)(C)CC(O)CN1C(=O)N(CC(O)COC(=O)/C=C/C(=O)OC(C)(C)CC)C(C)(C)C1=O. The highest BCUT2D eigenvalue weighted by Crippen LogP contribution is 2.30. The Bertz CT molecular complexity index is 818. The summed E-state index contributed by atoms with van der Waals surface area (Å²) in [6.45, 7) is 13.6. The van der Waals surface area contributed by atoms with Crippen molar-refractivity contribution in [3.05, 3.63) is 12.2 Å². The smallest absolute Gasteiger partial charge is 0.331 e. The summed E-state index contributed by atoms with van der Waals surface area (Å²) in [6, 6.07) is -0.625. The van der Waals surface area contributed by atoms with Crippen molar-refractivity contribution in [2.75, 3.05) is 19.7 Å². The lowest BCUT2D eigenvalue weighted by Crippen LogP contribution is -2.48. The van der Waals surface area contributed by atoms with Crippen LogP contribution in [0.4, 0.5) is 4.79 Å². The van der Waals surface area contributed by atoms with Crippen LogP contribution in [0.3, 0.4) is 0 Å². The van der Waals surface area contributed by atoms with Gasteiger partial charge in [0.2, 0.25) is 0 Å². The van der Waals surface area contributed by atoms with Crippen LogP contribution in [0.1, 0.15) is 74.7 Å². The predicted molar refractivity (Wildman–Crippen MR) is 129 cm³/mol. The molecule has 0 aromatic heterocycles. The predicted octanol–water partition coefficient (Wildman–Crippen LogP) is 2.41. The van der Waals surface area contributed by atoms with E-state index in [1.54, 1.807) is 27.7 Å². The Kier molecular flexibility index (Phi) is 10.5. The average molecular weight is 499 g/mol. The van der Waals surface area contributed by atoms with Gasteiger partial charge in [0.1, 0.15) is 23.9 Å². The number of ether oxygens (including phenoxy) is 2. The zero-order chi connectivity index (χ0) is 27.2. The Labute approximate surface area is 208 Å². The van der Waals surface area contributed by atoms with Crippen LogP contribution < -0.4 is 0 Å². The summed E-state index contributed by atoms with van der Waals surface area (Å²) in [5.74, 6) is -2.03. The van der Waals surface area contributed by atoms with E-state index in [0.717, 1.165) is 23.5 Å². The zero-order valence-electron chi connectivity index (χ0n) is 22.3. The topological polar surface area (TPSA) is 134 Å². The van der Waals surface area contributed by atoms with Crippen molar-refractivity contribution in [3.63, 3.8) is 0 Å². The Hall–Kier alpha value is -2.46. The molecule has 0 radical (unpaired) electrons. The number of amides is 3. The van der Waals surface area contributed by atoms with Gasteiger partial charge in [-0.2, -0.15) is 0 Å². The first-order chi connectivity index (χ1) is 16.0. The van der Waals surface area contributed by atoms with Gasteiger partial charge in [0.05, 0.1) is 19.2 Å². The lowest BCUT2D eigenvalue weighted by atomic mass is 9.84. The van der Waals surface area contributed by atoms with Gasteiger partial charge in [-0.25, -0.2) is 14.4 Å². The van der Waals surface area contributed by atoms with E-state index in [0.29, 0.717) is 12.8 Å². The molecule has 1 heterocycles. The minimum atomic E-state index is -1.27. The van der Waals surface area contributed by atoms with Gasteiger partial charge in [-0.3, -0.25) is 9.69 Å². The van der Waals surface area contributed by atoms with Crippen LogP contribution in [0, 0.1) is 5.41 Å². The van der Waals surface area contributed by atoms with Crippen LogP contribution in [0.25, 0.3) is 0 Å². The van der Waals surface area contributed by atoms with E-state index in [2.05, 4.69) is 0 Å². The summed E-state index contributed by atoms with van der Waals surface area (Å²) in [7, 11) is 0. The zero-order valence-corrected chi connectivity index (χ0v) is 22.3. The Morgan fingerprint density at radius 1 is 0.971 bits per heavy atom. The maximum absolute atomic E-state index is 12.9. The van der Waals surface area contributed by atoms with Crippen LogP contribution in [0.5, 0.6) is 0 Å². The average Bonchev–Trinajstić information content (AvgIpc) is 2.90. The number of carbonyl (C=O) groups excluding carboxylic acids is 4. The number of nitrogens with zero attached hydrogens (tertiary/aromatic N) is 2. The summed E-state index contributed by atoms with van der Waals surface area (Å²) < 4.78 is 10.1. The molecule has 2 N–H and O–H groups in total. The molecule has 0 saturated carbocycles. The number of imide groups is 1. The third-order valence-corrected chi connectivity index (χ3v) is 6.44. The van der Waals surface area contributed by atoms with Crippen molar-refractivity contribution in [1.29, 1.82) is 0 Å². The highest BCUT2D eigenvalue weighted by molar-refractivity contribution is 6.06. The molecule has 1 fully saturated rings. The van der Waals surface area contributed by atoms with E-state index >= 15 is 0 Å². The molecule has 200 valence electrons. The lowest BCUT2D eigenvalue weighted by Gasteiger charge is -2.29. The fourth-order valence-corrected chi connectivity index (χ4v) is 3.45. The number of esters is 2. The summed E-state index contributed by atoms with van der Waals surface area (Å²) in [6.07, 6.45) is 1.57. The van der Waals surface area contributed by atoms with Crippen LogP contribution in [-0.2, 0) is 23.9 Å². The van der Waals surface area contributed by atoms with Gasteiger partial charge >= 0.3 is 18.0 Å². The van der Waals surface area contributed by atoms with E-state index in [4.69, 9.17) is 9.47 Å². The number of hydrogen-bond donors (Lipinski definition) is 2. The summed E-state index contributed by atoms with van der Waals surface area (Å²) in [5.41, 5.74) is -2.04. The molecule has 2 unspecified atom stereocenters. The first kappa shape index (κ1) is 30.6. The van der Waals surface area contributed by atoms with Crippen molar-refractivity contribution in [1.82, 2.24) is 9.80 Å². The standard InChI is InChI=1S/C25H42N2O8/c1-9-23(3,4)13-17(28)14-26-21(32)25(7,8)27(22(26)33)15-18(29)16-34-19(30)11-12-20(31)35-24(5,6)10-2/h11-12,17-18,28-29H,9-10,13-16H2,1-8H3/b12-11+. The first-order valence-corrected chi connectivity index (χ1v) is 12.0. The molecule has 3 amide bonds. The number of rotatable bonds is 13. The highest BCUT2D eigenvalue weighted by Gasteiger charge is 2.52. The van der Waals surface area contributed by atoms with Crippen molar-refractivity contribution in [3.8, 4) is 0 Å². The van der Waals surface area contributed by atoms with Gasteiger partial charge in [-0.15, -0.1) is 0 Å². The molecule has 1 rings (SSSR count). The molecule has 0 aliphatic carbocycles. The second kappa shape index (κ2) is 12.0. The van der Waals surface area contributed by atoms with Crippen molar-refractivity contribution < 1.29 is 38.9 Å². The number of aliphatic hydroxyl groups excluding tert-OH is 2. The molecule has 2 atom stereocenters. The molecule has 10 nitrogen and oxygen atoms in total. The van der Waals surface area contributed by atoms with Crippen molar-refractivity contribution in [2.45, 2.75) is 98.0 Å².